The lowest BCUT2D eigenvalue weighted by Crippen LogP contribution is -1.99. The van der Waals surface area contributed by atoms with Crippen molar-refractivity contribution in [3.63, 3.8) is 0 Å². The Hall–Kier alpha value is -3.30. The van der Waals surface area contributed by atoms with E-state index in [-0.39, 0.29) is 13.6 Å². The third kappa shape index (κ3) is 2.81. The van der Waals surface area contributed by atoms with Gasteiger partial charge >= 0.3 is 7.69 Å². The summed E-state index contributed by atoms with van der Waals surface area (Å²) in [4.78, 5) is 0. The predicted molar refractivity (Wildman–Crippen MR) is 115 cm³/mol. The van der Waals surface area contributed by atoms with Gasteiger partial charge in [-0.3, -0.25) is 0 Å². The molecule has 1 aliphatic rings. The van der Waals surface area contributed by atoms with Crippen LogP contribution in [0.1, 0.15) is 22.6 Å². The Balaban J connectivity index is 1.65. The minimum atomic E-state index is -0.320. The minimum absolute atomic E-state index is 0.269. The fourth-order valence-corrected chi connectivity index (χ4v) is 4.23. The van der Waals surface area contributed by atoms with Crippen molar-refractivity contribution >= 4 is 7.69 Å². The molecule has 2 nitrogen and oxygen atoms in total. The van der Waals surface area contributed by atoms with E-state index in [9.17, 15) is 0 Å². The molecule has 28 heavy (non-hydrogen) atoms. The molecule has 1 aliphatic carbocycles. The van der Waals surface area contributed by atoms with Crippen LogP contribution in [0.25, 0.3) is 22.3 Å². The summed E-state index contributed by atoms with van der Waals surface area (Å²) < 4.78 is 5.25. The van der Waals surface area contributed by atoms with Gasteiger partial charge in [0.2, 0.25) is 0 Å². The topological polar surface area (TPSA) is 29.5 Å². The van der Waals surface area contributed by atoms with E-state index in [4.69, 9.17) is 9.68 Å². The zero-order chi connectivity index (χ0) is 18.9. The first-order valence-corrected chi connectivity index (χ1v) is 9.47. The van der Waals surface area contributed by atoms with E-state index in [2.05, 4.69) is 78.9 Å². The second-order valence-electron chi connectivity index (χ2n) is 7.03. The highest BCUT2D eigenvalue weighted by Crippen LogP contribution is 2.48. The van der Waals surface area contributed by atoms with Gasteiger partial charge in [0.15, 0.2) is 0 Å². The molecule has 0 spiro atoms. The van der Waals surface area contributed by atoms with Gasteiger partial charge in [-0.15, -0.1) is 0 Å². The van der Waals surface area contributed by atoms with E-state index in [1.54, 1.807) is 0 Å². The lowest BCUT2D eigenvalue weighted by Gasteiger charge is -2.14. The summed E-state index contributed by atoms with van der Waals surface area (Å²) in [5, 5.41) is 9.03. The van der Waals surface area contributed by atoms with Crippen LogP contribution >= 0.6 is 0 Å². The van der Waals surface area contributed by atoms with Crippen LogP contribution in [0, 0.1) is 0 Å². The van der Waals surface area contributed by atoms with Crippen LogP contribution in [0.4, 0.5) is 0 Å². The molecule has 0 bridgehead atoms. The summed E-state index contributed by atoms with van der Waals surface area (Å²) in [5.41, 5.74) is 8.84. The third-order valence-electron chi connectivity index (χ3n) is 5.46. The van der Waals surface area contributed by atoms with Gasteiger partial charge in [0.1, 0.15) is 5.75 Å². The Morgan fingerprint density at radius 2 is 1.39 bits per heavy atom. The van der Waals surface area contributed by atoms with Crippen molar-refractivity contribution in [3.05, 3.63) is 114 Å². The van der Waals surface area contributed by atoms with Crippen LogP contribution in [0.3, 0.4) is 0 Å². The highest BCUT2D eigenvalue weighted by molar-refractivity contribution is 6.17. The van der Waals surface area contributed by atoms with Crippen LogP contribution in [-0.2, 0) is 0 Å². The first kappa shape index (κ1) is 16.8. The summed E-state index contributed by atoms with van der Waals surface area (Å²) >= 11 is 0. The molecule has 3 heteroatoms. The van der Waals surface area contributed by atoms with E-state index in [1.165, 1.54) is 27.8 Å². The quantitative estimate of drug-likeness (QED) is 0.448. The number of benzene rings is 4. The number of hydrogen-bond donors (Lipinski definition) is 1. The average molecular weight is 362 g/mol. The Morgan fingerprint density at radius 1 is 0.643 bits per heavy atom. The first-order chi connectivity index (χ1) is 13.8. The molecule has 1 atom stereocenters. The van der Waals surface area contributed by atoms with Crippen LogP contribution in [-0.4, -0.2) is 12.7 Å². The van der Waals surface area contributed by atoms with Crippen molar-refractivity contribution in [2.75, 3.05) is 0 Å². The maximum Gasteiger partial charge on any atom is 0.504 e. The first-order valence-electron chi connectivity index (χ1n) is 9.47. The molecule has 0 heterocycles. The fraction of sp³-hybridized carbons (Fsp3) is 0.0400. The van der Waals surface area contributed by atoms with Gasteiger partial charge in [-0.1, -0.05) is 78.9 Å². The zero-order valence-electron chi connectivity index (χ0n) is 15.4. The lowest BCUT2D eigenvalue weighted by atomic mass is 9.89. The van der Waals surface area contributed by atoms with Gasteiger partial charge in [-0.25, -0.2) is 0 Å². The highest BCUT2D eigenvalue weighted by Gasteiger charge is 2.29. The molecule has 4 aromatic carbocycles. The fourth-order valence-electron chi connectivity index (χ4n) is 4.23. The Morgan fingerprint density at radius 3 is 2.25 bits per heavy atom. The maximum absolute atomic E-state index is 9.03. The molecule has 134 valence electrons. The van der Waals surface area contributed by atoms with Crippen molar-refractivity contribution in [2.24, 2.45) is 0 Å². The molecule has 1 N–H and O–H groups in total. The van der Waals surface area contributed by atoms with Crippen LogP contribution in [0.15, 0.2) is 97.1 Å². The zero-order valence-corrected chi connectivity index (χ0v) is 15.4. The van der Waals surface area contributed by atoms with Gasteiger partial charge in [-0.2, -0.15) is 0 Å². The SMILES string of the molecule is OBOc1cccc(-c2ccc3c(c2)-c2ccccc2C3c2ccccc2)c1. The molecule has 1 unspecified atom stereocenters. The molecule has 0 fully saturated rings. The summed E-state index contributed by atoms with van der Waals surface area (Å²) in [6.07, 6.45) is 0. The molecule has 0 radical (unpaired) electrons. The smallest absolute Gasteiger partial charge is 0.504 e. The van der Waals surface area contributed by atoms with Gasteiger partial charge in [0.25, 0.3) is 0 Å². The maximum atomic E-state index is 9.03. The Kier molecular flexibility index (Phi) is 4.23. The predicted octanol–water partition coefficient (Wildman–Crippen LogP) is 5.15. The van der Waals surface area contributed by atoms with Crippen molar-refractivity contribution in [1.29, 1.82) is 0 Å². The van der Waals surface area contributed by atoms with E-state index in [0.29, 0.717) is 5.75 Å². The van der Waals surface area contributed by atoms with E-state index >= 15 is 0 Å². The summed E-state index contributed by atoms with van der Waals surface area (Å²) in [5.74, 6) is 0.938. The highest BCUT2D eigenvalue weighted by atomic mass is 16.5. The van der Waals surface area contributed by atoms with Gasteiger partial charge in [0.05, 0.1) is 0 Å². The van der Waals surface area contributed by atoms with Crippen molar-refractivity contribution in [3.8, 4) is 28.0 Å². The van der Waals surface area contributed by atoms with Crippen molar-refractivity contribution in [2.45, 2.75) is 5.92 Å². The molecule has 4 aromatic rings. The molecule has 0 amide bonds. The summed E-state index contributed by atoms with van der Waals surface area (Å²) in [6.45, 7) is 0. The minimum Gasteiger partial charge on any atom is -0.539 e. The molecule has 0 saturated carbocycles. The van der Waals surface area contributed by atoms with Gasteiger partial charge in [-0.05, 0) is 57.1 Å². The van der Waals surface area contributed by atoms with Crippen molar-refractivity contribution in [1.82, 2.24) is 0 Å². The molecular formula is C25H19BO2. The largest absolute Gasteiger partial charge is 0.539 e. The average Bonchev–Trinajstić information content (AvgIpc) is 3.08. The number of rotatable bonds is 4. The van der Waals surface area contributed by atoms with Crippen molar-refractivity contribution < 1.29 is 9.68 Å². The molecule has 5 rings (SSSR count). The molecule has 0 aromatic heterocycles. The van der Waals surface area contributed by atoms with Crippen LogP contribution in [0.5, 0.6) is 5.75 Å². The standard InChI is InChI=1S/C25H19BO2/c27-26-28-20-10-6-9-18(15-20)19-13-14-23-24(16-19)21-11-4-5-12-22(21)25(23)17-7-2-1-3-8-17/h1-16,25-27H. The van der Waals surface area contributed by atoms with Crippen LogP contribution < -0.4 is 4.65 Å². The van der Waals surface area contributed by atoms with E-state index in [0.717, 1.165) is 11.1 Å². The van der Waals surface area contributed by atoms with E-state index < -0.39 is 0 Å². The second kappa shape index (κ2) is 7.03. The Labute approximate surface area is 165 Å². The van der Waals surface area contributed by atoms with Gasteiger partial charge in [0, 0.05) is 5.92 Å². The second-order valence-corrected chi connectivity index (χ2v) is 7.03. The summed E-state index contributed by atoms with van der Waals surface area (Å²) in [6, 6.07) is 33.9. The number of hydrogen-bond acceptors (Lipinski definition) is 2. The van der Waals surface area contributed by atoms with E-state index in [1.807, 2.05) is 18.2 Å². The summed E-state index contributed by atoms with van der Waals surface area (Å²) in [7, 11) is -0.320. The lowest BCUT2D eigenvalue weighted by molar-refractivity contribution is 0.454. The normalized spacial score (nSPS) is 14.2. The third-order valence-corrected chi connectivity index (χ3v) is 5.46. The van der Waals surface area contributed by atoms with Gasteiger partial charge < -0.3 is 9.68 Å². The number of fused-ring (bicyclic) bond motifs is 3. The molecule has 0 aliphatic heterocycles. The molecular weight excluding hydrogens is 343 g/mol. The Bertz CT molecular complexity index is 1140. The van der Waals surface area contributed by atoms with Crippen LogP contribution in [0.2, 0.25) is 0 Å². The monoisotopic (exact) mass is 362 g/mol. The molecule has 0 saturated heterocycles.